The summed E-state index contributed by atoms with van der Waals surface area (Å²) in [6, 6.07) is 12.3. The normalized spacial score (nSPS) is 10.8. The minimum Gasteiger partial charge on any atom is -0.322 e. The molecule has 2 aromatic carbocycles. The van der Waals surface area contributed by atoms with Crippen molar-refractivity contribution in [3.8, 4) is 0 Å². The van der Waals surface area contributed by atoms with Gasteiger partial charge in [-0.15, -0.1) is 11.8 Å². The molecule has 2 rings (SSSR count). The fourth-order valence-electron chi connectivity index (χ4n) is 2.13. The van der Waals surface area contributed by atoms with Crippen LogP contribution in [-0.4, -0.2) is 30.7 Å². The van der Waals surface area contributed by atoms with Crippen molar-refractivity contribution in [2.24, 2.45) is 0 Å². The van der Waals surface area contributed by atoms with E-state index in [0.29, 0.717) is 11.6 Å². The van der Waals surface area contributed by atoms with Crippen LogP contribution in [0.4, 0.5) is 10.1 Å². The molecule has 0 saturated heterocycles. The second-order valence-electron chi connectivity index (χ2n) is 5.19. The maximum Gasteiger partial charge on any atom is 0.238 e. The Kier molecular flexibility index (Phi) is 6.45. The summed E-state index contributed by atoms with van der Waals surface area (Å²) in [4.78, 5) is 15.1. The fraction of sp³-hybridized carbons (Fsp3) is 0.235. The summed E-state index contributed by atoms with van der Waals surface area (Å²) >= 11 is 7.49. The number of amides is 1. The molecule has 6 heteroatoms. The summed E-state index contributed by atoms with van der Waals surface area (Å²) in [7, 11) is 1.84. The lowest BCUT2D eigenvalue weighted by molar-refractivity contribution is -0.117. The van der Waals surface area contributed by atoms with Gasteiger partial charge in [0.25, 0.3) is 0 Å². The number of benzene rings is 2. The van der Waals surface area contributed by atoms with E-state index in [4.69, 9.17) is 11.6 Å². The van der Waals surface area contributed by atoms with Crippen LogP contribution < -0.4 is 5.32 Å². The average molecular weight is 353 g/mol. The lowest BCUT2D eigenvalue weighted by Gasteiger charge is -2.17. The van der Waals surface area contributed by atoms with Gasteiger partial charge in [-0.2, -0.15) is 0 Å². The van der Waals surface area contributed by atoms with Crippen molar-refractivity contribution in [2.45, 2.75) is 11.4 Å². The number of hydrogen-bond acceptors (Lipinski definition) is 3. The number of likely N-dealkylation sites (N-methyl/N-ethyl adjacent to an activating group) is 1. The Hall–Kier alpha value is -1.56. The Morgan fingerprint density at radius 1 is 1.26 bits per heavy atom. The maximum absolute atomic E-state index is 13.6. The van der Waals surface area contributed by atoms with E-state index < -0.39 is 5.82 Å². The van der Waals surface area contributed by atoms with Gasteiger partial charge in [-0.3, -0.25) is 9.69 Å². The first-order valence-electron chi connectivity index (χ1n) is 7.04. The van der Waals surface area contributed by atoms with Gasteiger partial charge in [-0.05, 0) is 49.2 Å². The van der Waals surface area contributed by atoms with Crippen molar-refractivity contribution in [2.75, 3.05) is 25.2 Å². The predicted molar refractivity (Wildman–Crippen MR) is 94.6 cm³/mol. The van der Waals surface area contributed by atoms with E-state index in [1.54, 1.807) is 11.8 Å². The predicted octanol–water partition coefficient (Wildman–Crippen LogP) is 4.27. The molecule has 0 atom stereocenters. The topological polar surface area (TPSA) is 32.3 Å². The van der Waals surface area contributed by atoms with Gasteiger partial charge in [-0.1, -0.05) is 23.7 Å². The number of thioether (sulfide) groups is 1. The SMILES string of the molecule is CSc1ccc(CN(C)CC(=O)Nc2cc(Cl)ccc2F)cc1. The molecule has 0 saturated carbocycles. The van der Waals surface area contributed by atoms with Gasteiger partial charge < -0.3 is 5.32 Å². The third-order valence-electron chi connectivity index (χ3n) is 3.23. The van der Waals surface area contributed by atoms with Crippen LogP contribution in [0, 0.1) is 5.82 Å². The van der Waals surface area contributed by atoms with Crippen LogP contribution in [0.1, 0.15) is 5.56 Å². The van der Waals surface area contributed by atoms with Gasteiger partial charge >= 0.3 is 0 Å². The zero-order chi connectivity index (χ0) is 16.8. The minimum absolute atomic E-state index is 0.0974. The number of halogens is 2. The molecule has 0 unspecified atom stereocenters. The Bertz CT molecular complexity index is 679. The van der Waals surface area contributed by atoms with Gasteiger partial charge in [-0.25, -0.2) is 4.39 Å². The molecule has 3 nitrogen and oxygen atoms in total. The molecule has 2 aromatic rings. The number of carbonyl (C=O) groups excluding carboxylic acids is 1. The number of hydrogen-bond donors (Lipinski definition) is 1. The molecular formula is C17H18ClFN2OS. The molecule has 0 aliphatic carbocycles. The van der Waals surface area contributed by atoms with E-state index >= 15 is 0 Å². The monoisotopic (exact) mass is 352 g/mol. The van der Waals surface area contributed by atoms with Crippen molar-refractivity contribution >= 4 is 35.0 Å². The summed E-state index contributed by atoms with van der Waals surface area (Å²) in [5.41, 5.74) is 1.22. The Balaban J connectivity index is 1.90. The molecule has 0 bridgehead atoms. The number of rotatable bonds is 6. The Labute approximate surface area is 144 Å². The molecule has 0 aliphatic rings. The van der Waals surface area contributed by atoms with Gasteiger partial charge in [0.15, 0.2) is 0 Å². The second-order valence-corrected chi connectivity index (χ2v) is 6.51. The number of nitrogens with zero attached hydrogens (tertiary/aromatic N) is 1. The largest absolute Gasteiger partial charge is 0.322 e. The Morgan fingerprint density at radius 2 is 1.96 bits per heavy atom. The summed E-state index contributed by atoms with van der Waals surface area (Å²) in [6.45, 7) is 0.802. The third kappa shape index (κ3) is 5.53. The molecule has 122 valence electrons. The highest BCUT2D eigenvalue weighted by Crippen LogP contribution is 2.19. The zero-order valence-electron chi connectivity index (χ0n) is 13.0. The van der Waals surface area contributed by atoms with E-state index in [1.807, 2.05) is 30.3 Å². The van der Waals surface area contributed by atoms with Gasteiger partial charge in [0, 0.05) is 16.5 Å². The van der Waals surface area contributed by atoms with Crippen LogP contribution in [-0.2, 0) is 11.3 Å². The molecule has 23 heavy (non-hydrogen) atoms. The minimum atomic E-state index is -0.502. The van der Waals surface area contributed by atoms with Crippen LogP contribution in [0.15, 0.2) is 47.4 Å². The summed E-state index contributed by atoms with van der Waals surface area (Å²) in [6.07, 6.45) is 2.03. The number of carbonyl (C=O) groups is 1. The first-order chi connectivity index (χ1) is 11.0. The van der Waals surface area contributed by atoms with E-state index in [9.17, 15) is 9.18 Å². The molecule has 0 spiro atoms. The van der Waals surface area contributed by atoms with E-state index in [2.05, 4.69) is 17.4 Å². The highest BCUT2D eigenvalue weighted by Gasteiger charge is 2.10. The molecular weight excluding hydrogens is 335 g/mol. The van der Waals surface area contributed by atoms with Crippen molar-refractivity contribution < 1.29 is 9.18 Å². The van der Waals surface area contributed by atoms with Crippen molar-refractivity contribution in [3.05, 3.63) is 58.9 Å². The lowest BCUT2D eigenvalue weighted by Crippen LogP contribution is -2.30. The van der Waals surface area contributed by atoms with Crippen LogP contribution in [0.5, 0.6) is 0 Å². The quantitative estimate of drug-likeness (QED) is 0.788. The van der Waals surface area contributed by atoms with Crippen molar-refractivity contribution in [3.63, 3.8) is 0 Å². The molecule has 1 amide bonds. The van der Waals surface area contributed by atoms with Crippen molar-refractivity contribution in [1.82, 2.24) is 4.90 Å². The zero-order valence-corrected chi connectivity index (χ0v) is 14.5. The first kappa shape index (κ1) is 17.8. The molecule has 0 fully saturated rings. The highest BCUT2D eigenvalue weighted by atomic mass is 35.5. The number of anilines is 1. The fourth-order valence-corrected chi connectivity index (χ4v) is 2.71. The van der Waals surface area contributed by atoms with Gasteiger partial charge in [0.05, 0.1) is 12.2 Å². The summed E-state index contributed by atoms with van der Waals surface area (Å²) in [5.74, 6) is -0.785. The van der Waals surface area contributed by atoms with Crippen LogP contribution in [0.3, 0.4) is 0 Å². The van der Waals surface area contributed by atoms with Gasteiger partial charge in [0.1, 0.15) is 5.82 Å². The third-order valence-corrected chi connectivity index (χ3v) is 4.21. The van der Waals surface area contributed by atoms with Crippen LogP contribution in [0.2, 0.25) is 5.02 Å². The summed E-state index contributed by atoms with van der Waals surface area (Å²) < 4.78 is 13.6. The molecule has 0 radical (unpaired) electrons. The lowest BCUT2D eigenvalue weighted by atomic mass is 10.2. The Morgan fingerprint density at radius 3 is 2.61 bits per heavy atom. The average Bonchev–Trinajstić information content (AvgIpc) is 2.51. The molecule has 0 aromatic heterocycles. The van der Waals surface area contributed by atoms with E-state index in [-0.39, 0.29) is 18.1 Å². The number of nitrogens with one attached hydrogen (secondary N) is 1. The summed E-state index contributed by atoms with van der Waals surface area (Å²) in [5, 5.41) is 2.92. The highest BCUT2D eigenvalue weighted by molar-refractivity contribution is 7.98. The van der Waals surface area contributed by atoms with Crippen LogP contribution >= 0.6 is 23.4 Å². The van der Waals surface area contributed by atoms with E-state index in [0.717, 1.165) is 5.56 Å². The smallest absolute Gasteiger partial charge is 0.238 e. The van der Waals surface area contributed by atoms with Crippen LogP contribution in [0.25, 0.3) is 0 Å². The van der Waals surface area contributed by atoms with Gasteiger partial charge in [0.2, 0.25) is 5.91 Å². The van der Waals surface area contributed by atoms with E-state index in [1.165, 1.54) is 23.1 Å². The maximum atomic E-state index is 13.6. The molecule has 0 aliphatic heterocycles. The standard InChI is InChI=1S/C17H18ClFN2OS/c1-21(10-12-3-6-14(23-2)7-4-12)11-17(22)20-16-9-13(18)5-8-15(16)19/h3-9H,10-11H2,1-2H3,(H,20,22). The molecule has 0 heterocycles. The first-order valence-corrected chi connectivity index (χ1v) is 8.64. The second kappa shape index (κ2) is 8.34. The van der Waals surface area contributed by atoms with Crippen molar-refractivity contribution in [1.29, 1.82) is 0 Å². The molecule has 1 N–H and O–H groups in total.